The fourth-order valence-corrected chi connectivity index (χ4v) is 1.85. The van der Waals surface area contributed by atoms with Crippen molar-refractivity contribution in [1.29, 1.82) is 0 Å². The van der Waals surface area contributed by atoms with Crippen LogP contribution in [0.3, 0.4) is 0 Å². The van der Waals surface area contributed by atoms with Gasteiger partial charge in [0.1, 0.15) is 5.60 Å². The van der Waals surface area contributed by atoms with Crippen LogP contribution in [0.5, 0.6) is 0 Å². The van der Waals surface area contributed by atoms with Crippen LogP contribution < -0.4 is 0 Å². The smallest absolute Gasteiger partial charge is 0.410 e. The van der Waals surface area contributed by atoms with Gasteiger partial charge in [0.15, 0.2) is 0 Å². The number of rotatable bonds is 1. The van der Waals surface area contributed by atoms with E-state index in [1.807, 2.05) is 0 Å². The molecule has 2 N–H and O–H groups in total. The van der Waals surface area contributed by atoms with Gasteiger partial charge in [-0.3, -0.25) is 4.79 Å². The summed E-state index contributed by atoms with van der Waals surface area (Å²) < 4.78 is 5.21. The number of carbonyl (C=O) groups is 2. The molecule has 1 amide bonds. The molecular formula is C12H21NO5. The van der Waals surface area contributed by atoms with Gasteiger partial charge in [-0.2, -0.15) is 0 Å². The molecule has 0 aromatic heterocycles. The first-order valence-corrected chi connectivity index (χ1v) is 6.08. The molecule has 6 nitrogen and oxygen atoms in total. The lowest BCUT2D eigenvalue weighted by Crippen LogP contribution is -2.40. The summed E-state index contributed by atoms with van der Waals surface area (Å²) in [7, 11) is 0. The fourth-order valence-electron chi connectivity index (χ4n) is 1.85. The number of hydrogen-bond donors (Lipinski definition) is 2. The Morgan fingerprint density at radius 2 is 1.94 bits per heavy atom. The highest BCUT2D eigenvalue weighted by Crippen LogP contribution is 2.19. The molecule has 18 heavy (non-hydrogen) atoms. The van der Waals surface area contributed by atoms with E-state index in [0.29, 0.717) is 13.0 Å². The van der Waals surface area contributed by atoms with Gasteiger partial charge in [0.2, 0.25) is 0 Å². The van der Waals surface area contributed by atoms with E-state index in [9.17, 15) is 14.7 Å². The van der Waals surface area contributed by atoms with Crippen LogP contribution in [0.1, 0.15) is 33.6 Å². The Morgan fingerprint density at radius 3 is 2.44 bits per heavy atom. The Bertz CT molecular complexity index is 323. The van der Waals surface area contributed by atoms with E-state index >= 15 is 0 Å². The number of likely N-dealkylation sites (tertiary alicyclic amines) is 1. The highest BCUT2D eigenvalue weighted by molar-refractivity contribution is 5.73. The zero-order valence-electron chi connectivity index (χ0n) is 11.0. The molecule has 1 aliphatic rings. The van der Waals surface area contributed by atoms with Gasteiger partial charge in [-0.15, -0.1) is 0 Å². The van der Waals surface area contributed by atoms with E-state index in [-0.39, 0.29) is 13.0 Å². The van der Waals surface area contributed by atoms with Crippen LogP contribution in [0.2, 0.25) is 0 Å². The van der Waals surface area contributed by atoms with Gasteiger partial charge in [-0.05, 0) is 33.6 Å². The van der Waals surface area contributed by atoms with E-state index in [1.54, 1.807) is 20.8 Å². The summed E-state index contributed by atoms with van der Waals surface area (Å²) >= 11 is 0. The second-order valence-corrected chi connectivity index (χ2v) is 5.64. The molecule has 0 aromatic carbocycles. The van der Waals surface area contributed by atoms with Gasteiger partial charge in [0, 0.05) is 13.1 Å². The monoisotopic (exact) mass is 259 g/mol. The average molecular weight is 259 g/mol. The van der Waals surface area contributed by atoms with Crippen LogP contribution in [-0.2, 0) is 9.53 Å². The van der Waals surface area contributed by atoms with Gasteiger partial charge >= 0.3 is 12.1 Å². The predicted molar refractivity (Wildman–Crippen MR) is 64.2 cm³/mol. The maximum atomic E-state index is 11.9. The number of carbonyl (C=O) groups excluding carboxylic acids is 1. The molecular weight excluding hydrogens is 238 g/mol. The van der Waals surface area contributed by atoms with E-state index < -0.39 is 29.7 Å². The molecule has 2 atom stereocenters. The van der Waals surface area contributed by atoms with Gasteiger partial charge < -0.3 is 19.8 Å². The molecule has 0 spiro atoms. The van der Waals surface area contributed by atoms with Gasteiger partial charge in [0.25, 0.3) is 0 Å². The normalized spacial score (nSPS) is 25.4. The van der Waals surface area contributed by atoms with Crippen molar-refractivity contribution in [3.8, 4) is 0 Å². The lowest BCUT2D eigenvalue weighted by Gasteiger charge is -2.27. The van der Waals surface area contributed by atoms with E-state index in [1.165, 1.54) is 4.90 Å². The highest BCUT2D eigenvalue weighted by atomic mass is 16.6. The Morgan fingerprint density at radius 1 is 1.33 bits per heavy atom. The number of carboxylic acid groups (broad SMARTS) is 1. The highest BCUT2D eigenvalue weighted by Gasteiger charge is 2.32. The first-order chi connectivity index (χ1) is 8.19. The zero-order chi connectivity index (χ0) is 13.9. The van der Waals surface area contributed by atoms with Crippen LogP contribution in [0.25, 0.3) is 0 Å². The molecule has 104 valence electrons. The van der Waals surface area contributed by atoms with Crippen LogP contribution >= 0.6 is 0 Å². The molecule has 0 aliphatic carbocycles. The molecule has 0 aromatic rings. The molecule has 0 bridgehead atoms. The lowest BCUT2D eigenvalue weighted by atomic mass is 10.0. The van der Waals surface area contributed by atoms with E-state index in [4.69, 9.17) is 9.84 Å². The molecule has 1 fully saturated rings. The van der Waals surface area contributed by atoms with Crippen molar-refractivity contribution >= 4 is 12.1 Å². The Labute approximate surface area is 107 Å². The molecule has 1 heterocycles. The van der Waals surface area contributed by atoms with Gasteiger partial charge in [-0.1, -0.05) is 0 Å². The second-order valence-electron chi connectivity index (χ2n) is 5.64. The molecule has 6 heteroatoms. The van der Waals surface area contributed by atoms with Crippen molar-refractivity contribution in [2.24, 2.45) is 5.92 Å². The van der Waals surface area contributed by atoms with E-state index in [2.05, 4.69) is 0 Å². The van der Waals surface area contributed by atoms with Gasteiger partial charge in [0.05, 0.1) is 12.0 Å². The third kappa shape index (κ3) is 4.52. The predicted octanol–water partition coefficient (Wildman–Crippen LogP) is 1.08. The maximum Gasteiger partial charge on any atom is 0.410 e. The molecule has 2 unspecified atom stereocenters. The number of hydrogen-bond acceptors (Lipinski definition) is 4. The van der Waals surface area contributed by atoms with Crippen molar-refractivity contribution in [3.05, 3.63) is 0 Å². The van der Waals surface area contributed by atoms with Crippen molar-refractivity contribution in [1.82, 2.24) is 4.90 Å². The number of carboxylic acids is 1. The van der Waals surface area contributed by atoms with Crippen LogP contribution in [0.15, 0.2) is 0 Å². The van der Waals surface area contributed by atoms with Crippen molar-refractivity contribution in [3.63, 3.8) is 0 Å². The maximum absolute atomic E-state index is 11.9. The summed E-state index contributed by atoms with van der Waals surface area (Å²) in [4.78, 5) is 24.2. The molecule has 1 saturated heterocycles. The number of aliphatic hydroxyl groups excluding tert-OH is 1. The van der Waals surface area contributed by atoms with E-state index in [0.717, 1.165) is 0 Å². The minimum absolute atomic E-state index is 0.0846. The molecule has 0 radical (unpaired) electrons. The Balaban J connectivity index is 2.70. The van der Waals surface area contributed by atoms with Crippen LogP contribution in [0.4, 0.5) is 4.79 Å². The lowest BCUT2D eigenvalue weighted by molar-refractivity contribution is -0.142. The van der Waals surface area contributed by atoms with Gasteiger partial charge in [-0.25, -0.2) is 4.79 Å². The number of aliphatic carboxylic acids is 1. The number of nitrogens with zero attached hydrogens (tertiary/aromatic N) is 1. The largest absolute Gasteiger partial charge is 0.481 e. The second kappa shape index (κ2) is 5.56. The first kappa shape index (κ1) is 14.8. The van der Waals surface area contributed by atoms with Crippen molar-refractivity contribution in [2.45, 2.75) is 45.3 Å². The standard InChI is InChI=1S/C12H21NO5/c1-12(2,3)18-11(17)13-5-4-9(14)6-8(7-13)10(15)16/h8-9,14H,4-7H2,1-3H3,(H,15,16). The summed E-state index contributed by atoms with van der Waals surface area (Å²) in [6, 6.07) is 0. The summed E-state index contributed by atoms with van der Waals surface area (Å²) in [5, 5.41) is 18.6. The SMILES string of the molecule is CC(C)(C)OC(=O)N1CCC(O)CC(C(=O)O)C1. The third-order valence-corrected chi connectivity index (χ3v) is 2.73. The minimum Gasteiger partial charge on any atom is -0.481 e. The first-order valence-electron chi connectivity index (χ1n) is 6.08. The summed E-state index contributed by atoms with van der Waals surface area (Å²) in [5.41, 5.74) is -0.610. The van der Waals surface area contributed by atoms with Crippen LogP contribution in [-0.4, -0.2) is 52.0 Å². The summed E-state index contributed by atoms with van der Waals surface area (Å²) in [6.45, 7) is 5.67. The summed E-state index contributed by atoms with van der Waals surface area (Å²) in [6.07, 6.45) is -0.654. The molecule has 0 saturated carbocycles. The average Bonchev–Trinajstić information content (AvgIpc) is 2.37. The fraction of sp³-hybridized carbons (Fsp3) is 0.833. The zero-order valence-corrected chi connectivity index (χ0v) is 11.0. The topological polar surface area (TPSA) is 87.1 Å². The third-order valence-electron chi connectivity index (χ3n) is 2.73. The number of ether oxygens (including phenoxy) is 1. The number of amides is 1. The van der Waals surface area contributed by atoms with Crippen LogP contribution in [0, 0.1) is 5.92 Å². The quantitative estimate of drug-likeness (QED) is 0.735. The van der Waals surface area contributed by atoms with Crippen molar-refractivity contribution in [2.75, 3.05) is 13.1 Å². The minimum atomic E-state index is -0.996. The Kier molecular flexibility index (Phi) is 4.56. The molecule has 1 aliphatic heterocycles. The number of aliphatic hydroxyl groups is 1. The molecule has 1 rings (SSSR count). The summed E-state index contributed by atoms with van der Waals surface area (Å²) in [5.74, 6) is -1.74. The Hall–Kier alpha value is -1.30. The van der Waals surface area contributed by atoms with Crippen molar-refractivity contribution < 1.29 is 24.5 Å².